The monoisotopic (exact) mass is 447 g/mol. The number of nitrogens with zero attached hydrogens (tertiary/aromatic N) is 3. The molecule has 3 aromatic rings. The summed E-state index contributed by atoms with van der Waals surface area (Å²) in [6.45, 7) is 3.02. The van der Waals surface area contributed by atoms with Gasteiger partial charge in [0.25, 0.3) is 17.7 Å². The molecule has 2 aliphatic rings. The first-order valence-corrected chi connectivity index (χ1v) is 10.4. The molecular formula is C24H21N3O6. The first-order chi connectivity index (χ1) is 15.7. The Balaban J connectivity index is 1.47. The summed E-state index contributed by atoms with van der Waals surface area (Å²) in [5.41, 5.74) is 0.954. The lowest BCUT2D eigenvalue weighted by atomic mass is 10.0. The maximum absolute atomic E-state index is 13.4. The number of amides is 3. The zero-order valence-corrected chi connectivity index (χ0v) is 18.2. The molecule has 0 bridgehead atoms. The quantitative estimate of drug-likeness (QED) is 0.614. The number of likely N-dealkylation sites (N-methyl/N-ethyl adjacent to an activating group) is 1. The maximum atomic E-state index is 13.4. The van der Waals surface area contributed by atoms with Gasteiger partial charge < -0.3 is 19.3 Å². The Kier molecular flexibility index (Phi) is 4.61. The fourth-order valence-corrected chi connectivity index (χ4v) is 4.02. The van der Waals surface area contributed by atoms with E-state index in [9.17, 15) is 19.5 Å². The van der Waals surface area contributed by atoms with Crippen LogP contribution in [0.2, 0.25) is 0 Å². The molecule has 0 spiro atoms. The summed E-state index contributed by atoms with van der Waals surface area (Å²) in [5, 5.41) is 14.1. The highest BCUT2D eigenvalue weighted by molar-refractivity contribution is 6.23. The van der Waals surface area contributed by atoms with Crippen molar-refractivity contribution < 1.29 is 28.8 Å². The van der Waals surface area contributed by atoms with Crippen LogP contribution >= 0.6 is 0 Å². The number of carbonyl (C=O) groups excluding carboxylic acids is 3. The molecule has 0 saturated heterocycles. The molecule has 1 N–H and O–H groups in total. The molecule has 0 aliphatic carbocycles. The molecule has 0 radical (unpaired) electrons. The van der Waals surface area contributed by atoms with Crippen LogP contribution in [-0.2, 0) is 10.4 Å². The van der Waals surface area contributed by atoms with E-state index in [2.05, 4.69) is 5.16 Å². The second-order valence-corrected chi connectivity index (χ2v) is 8.57. The number of aliphatic hydroxyl groups is 1. The third kappa shape index (κ3) is 3.28. The van der Waals surface area contributed by atoms with Crippen molar-refractivity contribution in [2.45, 2.75) is 25.5 Å². The van der Waals surface area contributed by atoms with Crippen LogP contribution in [0.5, 0.6) is 5.75 Å². The number of hydrogen-bond donors (Lipinski definition) is 1. The van der Waals surface area contributed by atoms with E-state index in [1.54, 1.807) is 69.4 Å². The number of aromatic nitrogens is 1. The molecule has 3 heterocycles. The molecule has 2 aromatic carbocycles. The van der Waals surface area contributed by atoms with Crippen LogP contribution in [0.3, 0.4) is 0 Å². The lowest BCUT2D eigenvalue weighted by Crippen LogP contribution is -2.52. The molecular weight excluding hydrogens is 426 g/mol. The van der Waals surface area contributed by atoms with Gasteiger partial charge in [0.05, 0.1) is 16.8 Å². The van der Waals surface area contributed by atoms with E-state index in [0.29, 0.717) is 28.5 Å². The van der Waals surface area contributed by atoms with Gasteiger partial charge in [-0.25, -0.2) is 0 Å². The van der Waals surface area contributed by atoms with Crippen molar-refractivity contribution in [2.75, 3.05) is 18.6 Å². The highest BCUT2D eigenvalue weighted by atomic mass is 16.5. The van der Waals surface area contributed by atoms with Crippen molar-refractivity contribution in [1.29, 1.82) is 0 Å². The minimum atomic E-state index is -1.19. The molecule has 33 heavy (non-hydrogen) atoms. The average molecular weight is 447 g/mol. The summed E-state index contributed by atoms with van der Waals surface area (Å²) >= 11 is 0. The van der Waals surface area contributed by atoms with Crippen molar-refractivity contribution in [2.24, 2.45) is 0 Å². The first kappa shape index (κ1) is 20.9. The number of anilines is 1. The smallest absolute Gasteiger partial charge is 0.262 e. The van der Waals surface area contributed by atoms with E-state index in [0.717, 1.165) is 4.90 Å². The van der Waals surface area contributed by atoms with Gasteiger partial charge in [-0.2, -0.15) is 0 Å². The Morgan fingerprint density at radius 2 is 1.70 bits per heavy atom. The van der Waals surface area contributed by atoms with Gasteiger partial charge in [-0.1, -0.05) is 17.3 Å². The summed E-state index contributed by atoms with van der Waals surface area (Å²) in [4.78, 5) is 41.5. The number of rotatable bonds is 3. The van der Waals surface area contributed by atoms with Gasteiger partial charge in [-0.3, -0.25) is 19.3 Å². The van der Waals surface area contributed by atoms with Crippen molar-refractivity contribution in [3.63, 3.8) is 0 Å². The number of ether oxygens (including phenoxy) is 1. The zero-order valence-electron chi connectivity index (χ0n) is 18.2. The van der Waals surface area contributed by atoms with Gasteiger partial charge in [0, 0.05) is 18.7 Å². The summed E-state index contributed by atoms with van der Waals surface area (Å²) in [7, 11) is 1.57. The summed E-state index contributed by atoms with van der Waals surface area (Å²) in [6.07, 6.45) is 0. The topological polar surface area (TPSA) is 113 Å². The Labute approximate surface area is 189 Å². The van der Waals surface area contributed by atoms with E-state index < -0.39 is 29.4 Å². The number of hydrogen-bond acceptors (Lipinski definition) is 7. The summed E-state index contributed by atoms with van der Waals surface area (Å²) in [6, 6.07) is 12.2. The number of imide groups is 1. The van der Waals surface area contributed by atoms with Crippen LogP contribution in [0, 0.1) is 0 Å². The second kappa shape index (κ2) is 7.28. The van der Waals surface area contributed by atoms with Crippen LogP contribution in [0.4, 0.5) is 5.69 Å². The van der Waals surface area contributed by atoms with Gasteiger partial charge in [-0.15, -0.1) is 0 Å². The maximum Gasteiger partial charge on any atom is 0.262 e. The van der Waals surface area contributed by atoms with E-state index in [1.165, 1.54) is 4.90 Å². The number of carbonyl (C=O) groups is 3. The van der Waals surface area contributed by atoms with E-state index in [-0.39, 0.29) is 17.7 Å². The highest BCUT2D eigenvalue weighted by Crippen LogP contribution is 2.37. The zero-order chi connectivity index (χ0) is 23.5. The van der Waals surface area contributed by atoms with E-state index >= 15 is 0 Å². The highest BCUT2D eigenvalue weighted by Gasteiger charge is 2.45. The third-order valence-corrected chi connectivity index (χ3v) is 5.88. The standard InChI is InChI=1S/C24H21N3O6/c1-24(2,31)20-11-16(25-33-20)13-8-9-19-17(10-13)26(3)23(30)18(12-32-19)27-21(28)14-6-4-5-7-15(14)22(27)29/h4-11,18,31H,12H2,1-3H3/t18-/m0/s1. The van der Waals surface area contributed by atoms with Crippen molar-refractivity contribution >= 4 is 23.4 Å². The Hall–Kier alpha value is -3.98. The molecule has 9 nitrogen and oxygen atoms in total. The van der Waals surface area contributed by atoms with Crippen LogP contribution in [0.1, 0.15) is 40.3 Å². The predicted octanol–water partition coefficient (Wildman–Crippen LogP) is 2.59. The minimum Gasteiger partial charge on any atom is -0.489 e. The predicted molar refractivity (Wildman–Crippen MR) is 117 cm³/mol. The SMILES string of the molecule is CN1C(=O)[C@@H](N2C(=O)c3ccccc3C2=O)COc2ccc(-c3cc(C(C)(C)O)on3)cc21. The fraction of sp³-hybridized carbons (Fsp3) is 0.250. The largest absolute Gasteiger partial charge is 0.489 e. The van der Waals surface area contributed by atoms with Crippen LogP contribution in [-0.4, -0.2) is 52.6 Å². The molecule has 5 rings (SSSR count). The fourth-order valence-electron chi connectivity index (χ4n) is 4.02. The number of benzene rings is 2. The van der Waals surface area contributed by atoms with Gasteiger partial charge in [0.1, 0.15) is 23.7 Å². The Bertz CT molecular complexity index is 1270. The van der Waals surface area contributed by atoms with Gasteiger partial charge in [-0.05, 0) is 44.2 Å². The molecule has 3 amide bonds. The van der Waals surface area contributed by atoms with Gasteiger partial charge >= 0.3 is 0 Å². The lowest BCUT2D eigenvalue weighted by molar-refractivity contribution is -0.122. The summed E-state index contributed by atoms with van der Waals surface area (Å²) in [5.74, 6) is -0.741. The summed E-state index contributed by atoms with van der Waals surface area (Å²) < 4.78 is 11.1. The molecule has 0 unspecified atom stereocenters. The minimum absolute atomic E-state index is 0.159. The lowest BCUT2D eigenvalue weighted by Gasteiger charge is -2.25. The number of fused-ring (bicyclic) bond motifs is 2. The van der Waals surface area contributed by atoms with Crippen LogP contribution in [0.25, 0.3) is 11.3 Å². The molecule has 0 fully saturated rings. The van der Waals surface area contributed by atoms with Crippen LogP contribution in [0.15, 0.2) is 53.1 Å². The molecule has 0 saturated carbocycles. The normalized spacial score (nSPS) is 18.2. The van der Waals surface area contributed by atoms with Crippen molar-refractivity contribution in [1.82, 2.24) is 10.1 Å². The molecule has 1 atom stereocenters. The van der Waals surface area contributed by atoms with E-state index in [4.69, 9.17) is 9.26 Å². The molecule has 1 aromatic heterocycles. The average Bonchev–Trinajstić information content (AvgIpc) is 3.36. The molecule has 2 aliphatic heterocycles. The molecule has 9 heteroatoms. The van der Waals surface area contributed by atoms with Crippen LogP contribution < -0.4 is 9.64 Å². The Morgan fingerprint density at radius 1 is 1.03 bits per heavy atom. The Morgan fingerprint density at radius 3 is 2.30 bits per heavy atom. The van der Waals surface area contributed by atoms with Gasteiger partial charge in [0.2, 0.25) is 0 Å². The van der Waals surface area contributed by atoms with Crippen molar-refractivity contribution in [3.05, 3.63) is 65.4 Å². The van der Waals surface area contributed by atoms with Crippen molar-refractivity contribution in [3.8, 4) is 17.0 Å². The van der Waals surface area contributed by atoms with Gasteiger partial charge in [0.15, 0.2) is 11.8 Å². The molecule has 168 valence electrons. The first-order valence-electron chi connectivity index (χ1n) is 10.4. The second-order valence-electron chi connectivity index (χ2n) is 8.57. The third-order valence-electron chi connectivity index (χ3n) is 5.88. The van der Waals surface area contributed by atoms with E-state index in [1.807, 2.05) is 0 Å².